The van der Waals surface area contributed by atoms with Gasteiger partial charge in [0, 0.05) is 30.1 Å². The van der Waals surface area contributed by atoms with Crippen LogP contribution in [0.1, 0.15) is 43.4 Å². The first-order valence-electron chi connectivity index (χ1n) is 7.28. The van der Waals surface area contributed by atoms with Crippen molar-refractivity contribution in [3.63, 3.8) is 0 Å². The number of carbonyl (C=O) groups is 1. The van der Waals surface area contributed by atoms with Crippen LogP contribution in [0.25, 0.3) is 0 Å². The Hall–Kier alpha value is -0.780. The summed E-state index contributed by atoms with van der Waals surface area (Å²) in [5.41, 5.74) is 1.61. The number of piperidine rings is 1. The molecule has 3 heterocycles. The minimum Gasteiger partial charge on any atom is -0.353 e. The predicted molar refractivity (Wildman–Crippen MR) is 82.9 cm³/mol. The second kappa shape index (κ2) is 6.99. The molecule has 21 heavy (non-hydrogen) atoms. The number of halogens is 2. The largest absolute Gasteiger partial charge is 0.353 e. The monoisotopic (exact) mass is 333 g/mol. The number of aromatic nitrogens is 1. The van der Waals surface area contributed by atoms with Crippen molar-refractivity contribution in [1.82, 2.24) is 15.8 Å². The molecule has 3 rings (SSSR count). The Labute approximate surface area is 135 Å². The molecule has 2 atom stereocenters. The zero-order valence-electron chi connectivity index (χ0n) is 12.0. The lowest BCUT2D eigenvalue weighted by Gasteiger charge is -2.29. The molecule has 1 aromatic rings. The summed E-state index contributed by atoms with van der Waals surface area (Å²) in [6, 6.07) is 1.50. The predicted octanol–water partition coefficient (Wildman–Crippen LogP) is 2.39. The molecule has 2 unspecified atom stereocenters. The molecule has 0 saturated carbocycles. The van der Waals surface area contributed by atoms with E-state index in [2.05, 4.69) is 15.8 Å². The molecule has 2 aliphatic rings. The van der Waals surface area contributed by atoms with Crippen LogP contribution >= 0.6 is 24.0 Å². The third-order valence-corrected chi connectivity index (χ3v) is 4.67. The fourth-order valence-electron chi connectivity index (χ4n) is 3.35. The Kier molecular flexibility index (Phi) is 5.52. The van der Waals surface area contributed by atoms with E-state index in [0.29, 0.717) is 36.2 Å². The standard InChI is InChI=1S/C14H20ClN3O2.ClH/c1-8-12(14(15)20-18-8)4-5-13(19)17-11-6-9-2-3-10(7-11)16-9;/h9-11,16H,2-7H2,1H3,(H,17,19);1H. The van der Waals surface area contributed by atoms with Crippen LogP contribution in [0.2, 0.25) is 5.22 Å². The lowest BCUT2D eigenvalue weighted by atomic mass is 9.99. The lowest BCUT2D eigenvalue weighted by Crippen LogP contribution is -2.48. The summed E-state index contributed by atoms with van der Waals surface area (Å²) in [7, 11) is 0. The SMILES string of the molecule is Cc1noc(Cl)c1CCC(=O)NC1CC2CCC(C1)N2.Cl. The molecule has 2 fully saturated rings. The highest BCUT2D eigenvalue weighted by atomic mass is 35.5. The zero-order chi connectivity index (χ0) is 14.1. The Morgan fingerprint density at radius 3 is 2.67 bits per heavy atom. The molecular formula is C14H21Cl2N3O2. The molecule has 7 heteroatoms. The molecule has 2 saturated heterocycles. The number of rotatable bonds is 4. The van der Waals surface area contributed by atoms with E-state index in [1.54, 1.807) is 0 Å². The summed E-state index contributed by atoms with van der Waals surface area (Å²) < 4.78 is 4.89. The summed E-state index contributed by atoms with van der Waals surface area (Å²) in [5.74, 6) is 0.0907. The summed E-state index contributed by atoms with van der Waals surface area (Å²) in [6.07, 6.45) is 5.60. The van der Waals surface area contributed by atoms with E-state index >= 15 is 0 Å². The molecule has 0 aliphatic carbocycles. The Morgan fingerprint density at radius 1 is 1.43 bits per heavy atom. The van der Waals surface area contributed by atoms with E-state index in [1.165, 1.54) is 12.8 Å². The third kappa shape index (κ3) is 3.90. The van der Waals surface area contributed by atoms with Crippen LogP contribution < -0.4 is 10.6 Å². The zero-order valence-corrected chi connectivity index (χ0v) is 13.6. The number of carbonyl (C=O) groups excluding carboxylic acids is 1. The van der Waals surface area contributed by atoms with E-state index in [4.69, 9.17) is 16.1 Å². The maximum Gasteiger partial charge on any atom is 0.229 e. The minimum atomic E-state index is 0. The summed E-state index contributed by atoms with van der Waals surface area (Å²) >= 11 is 5.90. The quantitative estimate of drug-likeness (QED) is 0.887. The van der Waals surface area contributed by atoms with Crippen LogP contribution in [-0.2, 0) is 11.2 Å². The normalized spacial score (nSPS) is 27.2. The molecule has 1 amide bonds. The topological polar surface area (TPSA) is 67.2 Å². The number of nitrogens with zero attached hydrogens (tertiary/aromatic N) is 1. The molecule has 0 spiro atoms. The maximum atomic E-state index is 12.0. The summed E-state index contributed by atoms with van der Waals surface area (Å²) in [6.45, 7) is 1.84. The average Bonchev–Trinajstić information content (AvgIpc) is 2.91. The molecule has 1 aromatic heterocycles. The second-order valence-corrected chi connectivity index (χ2v) is 6.24. The van der Waals surface area contributed by atoms with Gasteiger partial charge in [-0.3, -0.25) is 4.79 Å². The number of amides is 1. The van der Waals surface area contributed by atoms with Gasteiger partial charge in [-0.15, -0.1) is 12.4 Å². The van der Waals surface area contributed by atoms with Crippen molar-refractivity contribution < 1.29 is 9.32 Å². The van der Waals surface area contributed by atoms with Gasteiger partial charge in [0.1, 0.15) is 0 Å². The molecule has 0 aromatic carbocycles. The van der Waals surface area contributed by atoms with E-state index in [0.717, 1.165) is 24.1 Å². The van der Waals surface area contributed by atoms with Crippen LogP contribution in [0, 0.1) is 6.92 Å². The fourth-order valence-corrected chi connectivity index (χ4v) is 3.62. The molecule has 0 radical (unpaired) electrons. The van der Waals surface area contributed by atoms with Crippen molar-refractivity contribution in [2.24, 2.45) is 0 Å². The molecule has 2 N–H and O–H groups in total. The number of fused-ring (bicyclic) bond motifs is 2. The average molecular weight is 334 g/mol. The highest BCUT2D eigenvalue weighted by Gasteiger charge is 2.33. The van der Waals surface area contributed by atoms with Gasteiger partial charge in [0.2, 0.25) is 11.1 Å². The molecular weight excluding hydrogens is 313 g/mol. The lowest BCUT2D eigenvalue weighted by molar-refractivity contribution is -0.122. The minimum absolute atomic E-state index is 0. The van der Waals surface area contributed by atoms with Crippen LogP contribution in [0.4, 0.5) is 0 Å². The van der Waals surface area contributed by atoms with Crippen molar-refractivity contribution in [1.29, 1.82) is 0 Å². The number of aryl methyl sites for hydroxylation is 1. The van der Waals surface area contributed by atoms with Crippen molar-refractivity contribution in [3.8, 4) is 0 Å². The van der Waals surface area contributed by atoms with E-state index in [-0.39, 0.29) is 18.3 Å². The first-order valence-corrected chi connectivity index (χ1v) is 7.65. The van der Waals surface area contributed by atoms with Crippen LogP contribution in [-0.4, -0.2) is 29.2 Å². The number of hydrogen-bond acceptors (Lipinski definition) is 4. The molecule has 5 nitrogen and oxygen atoms in total. The van der Waals surface area contributed by atoms with Gasteiger partial charge in [-0.2, -0.15) is 0 Å². The van der Waals surface area contributed by atoms with Crippen LogP contribution in [0.3, 0.4) is 0 Å². The van der Waals surface area contributed by atoms with Crippen LogP contribution in [0.15, 0.2) is 4.52 Å². The Morgan fingerprint density at radius 2 is 2.10 bits per heavy atom. The van der Waals surface area contributed by atoms with Gasteiger partial charge in [0.15, 0.2) is 0 Å². The fraction of sp³-hybridized carbons (Fsp3) is 0.714. The van der Waals surface area contributed by atoms with Gasteiger partial charge in [-0.05, 0) is 50.6 Å². The summed E-state index contributed by atoms with van der Waals surface area (Å²) in [5, 5.41) is 10.8. The van der Waals surface area contributed by atoms with Gasteiger partial charge in [-0.25, -0.2) is 0 Å². The van der Waals surface area contributed by atoms with E-state index in [9.17, 15) is 4.79 Å². The van der Waals surface area contributed by atoms with Crippen molar-refractivity contribution in [2.45, 2.75) is 63.6 Å². The number of nitrogens with one attached hydrogen (secondary N) is 2. The van der Waals surface area contributed by atoms with Gasteiger partial charge >= 0.3 is 0 Å². The highest BCUT2D eigenvalue weighted by Crippen LogP contribution is 2.27. The third-order valence-electron chi connectivity index (χ3n) is 4.38. The van der Waals surface area contributed by atoms with Gasteiger partial charge in [-0.1, -0.05) is 5.16 Å². The van der Waals surface area contributed by atoms with Crippen molar-refractivity contribution >= 4 is 29.9 Å². The van der Waals surface area contributed by atoms with Gasteiger partial charge < -0.3 is 15.2 Å². The first kappa shape index (κ1) is 16.6. The van der Waals surface area contributed by atoms with Crippen molar-refractivity contribution in [3.05, 3.63) is 16.5 Å². The maximum absolute atomic E-state index is 12.0. The molecule has 2 bridgehead atoms. The van der Waals surface area contributed by atoms with Gasteiger partial charge in [0.05, 0.1) is 5.69 Å². The van der Waals surface area contributed by atoms with Crippen molar-refractivity contribution in [2.75, 3.05) is 0 Å². The van der Waals surface area contributed by atoms with E-state index in [1.807, 2.05) is 6.92 Å². The highest BCUT2D eigenvalue weighted by molar-refractivity contribution is 6.29. The summed E-state index contributed by atoms with van der Waals surface area (Å²) in [4.78, 5) is 12.0. The van der Waals surface area contributed by atoms with E-state index < -0.39 is 0 Å². The second-order valence-electron chi connectivity index (χ2n) is 5.89. The number of hydrogen-bond donors (Lipinski definition) is 2. The van der Waals surface area contributed by atoms with Crippen LogP contribution in [0.5, 0.6) is 0 Å². The first-order chi connectivity index (χ1) is 9.61. The smallest absolute Gasteiger partial charge is 0.229 e. The van der Waals surface area contributed by atoms with Gasteiger partial charge in [0.25, 0.3) is 0 Å². The molecule has 118 valence electrons. The Bertz CT molecular complexity index is 475. The molecule has 2 aliphatic heterocycles. The Balaban J connectivity index is 0.00000161.